The minimum atomic E-state index is -0.661. The first-order chi connectivity index (χ1) is 16.4. The molecule has 0 saturated heterocycles. The van der Waals surface area contributed by atoms with E-state index in [0.29, 0.717) is 21.6 Å². The second-order valence-electron chi connectivity index (χ2n) is 6.82. The number of ether oxygens (including phenoxy) is 1. The summed E-state index contributed by atoms with van der Waals surface area (Å²) in [7, 11) is 1.27. The molecule has 168 valence electrons. The maximum absolute atomic E-state index is 12.5. The average molecular weight is 474 g/mol. The van der Waals surface area contributed by atoms with Gasteiger partial charge in [0.2, 0.25) is 0 Å². The van der Waals surface area contributed by atoms with Crippen molar-refractivity contribution < 1.29 is 18.9 Å². The molecule has 0 amide bonds. The van der Waals surface area contributed by atoms with Crippen molar-refractivity contribution in [2.24, 2.45) is 0 Å². The Bertz CT molecular complexity index is 1560. The number of rotatable bonds is 6. The normalized spacial score (nSPS) is 11.1. The molecule has 11 heteroatoms. The number of nitrogens with one attached hydrogen (secondary N) is 1. The van der Waals surface area contributed by atoms with Crippen molar-refractivity contribution in [1.82, 2.24) is 4.98 Å². The second kappa shape index (κ2) is 9.35. The lowest BCUT2D eigenvalue weighted by Crippen LogP contribution is -2.05. The number of thiazole rings is 1. The first-order valence-electron chi connectivity index (χ1n) is 9.64. The van der Waals surface area contributed by atoms with Gasteiger partial charge < -0.3 is 14.5 Å². The number of carbonyl (C=O) groups is 1. The van der Waals surface area contributed by atoms with E-state index >= 15 is 0 Å². The molecule has 0 unspecified atom stereocenters. The fraction of sp³-hybridized carbons (Fsp3) is 0.0435. The monoisotopic (exact) mass is 474 g/mol. The van der Waals surface area contributed by atoms with Crippen LogP contribution in [0.2, 0.25) is 0 Å². The molecule has 34 heavy (non-hydrogen) atoms. The Labute approximate surface area is 195 Å². The first-order valence-corrected chi connectivity index (χ1v) is 10.5. The van der Waals surface area contributed by atoms with E-state index in [1.165, 1.54) is 37.6 Å². The van der Waals surface area contributed by atoms with Gasteiger partial charge in [0.05, 0.1) is 34.5 Å². The van der Waals surface area contributed by atoms with Crippen molar-refractivity contribution in [2.45, 2.75) is 0 Å². The van der Waals surface area contributed by atoms with E-state index in [-0.39, 0.29) is 28.1 Å². The molecule has 0 bridgehead atoms. The number of allylic oxidation sites excluding steroid dienone is 1. The van der Waals surface area contributed by atoms with Crippen LogP contribution in [-0.2, 0) is 4.74 Å². The van der Waals surface area contributed by atoms with Crippen LogP contribution < -0.4 is 10.9 Å². The highest BCUT2D eigenvalue weighted by Crippen LogP contribution is 2.28. The fourth-order valence-corrected chi connectivity index (χ4v) is 3.90. The maximum atomic E-state index is 12.5. The summed E-state index contributed by atoms with van der Waals surface area (Å²) in [6, 6.07) is 14.1. The molecular weight excluding hydrogens is 460 g/mol. The van der Waals surface area contributed by atoms with Crippen molar-refractivity contribution in [2.75, 3.05) is 12.4 Å². The predicted octanol–water partition coefficient (Wildman–Crippen LogP) is 4.59. The number of carbonyl (C=O) groups excluding carboxylic acids is 1. The summed E-state index contributed by atoms with van der Waals surface area (Å²) in [4.78, 5) is 39.3. The van der Waals surface area contributed by atoms with E-state index < -0.39 is 16.5 Å². The van der Waals surface area contributed by atoms with Gasteiger partial charge in [-0.25, -0.2) is 14.6 Å². The topological polar surface area (TPSA) is 148 Å². The molecule has 2 heterocycles. The number of methoxy groups -OCH3 is 1. The highest BCUT2D eigenvalue weighted by atomic mass is 32.1. The lowest BCUT2D eigenvalue weighted by molar-refractivity contribution is -0.384. The molecule has 0 aliphatic rings. The van der Waals surface area contributed by atoms with Gasteiger partial charge in [-0.3, -0.25) is 10.1 Å². The minimum Gasteiger partial charge on any atom is -0.465 e. The van der Waals surface area contributed by atoms with E-state index in [4.69, 9.17) is 9.15 Å². The molecule has 0 atom stereocenters. The van der Waals surface area contributed by atoms with Gasteiger partial charge in [0.15, 0.2) is 0 Å². The highest BCUT2D eigenvalue weighted by Gasteiger charge is 2.16. The number of nitriles is 1. The maximum Gasteiger partial charge on any atom is 0.345 e. The van der Waals surface area contributed by atoms with Crippen LogP contribution in [0.15, 0.2) is 69.3 Å². The highest BCUT2D eigenvalue weighted by molar-refractivity contribution is 7.11. The van der Waals surface area contributed by atoms with Crippen LogP contribution in [-0.4, -0.2) is 23.0 Å². The lowest BCUT2D eigenvalue weighted by Gasteiger charge is -2.07. The second-order valence-corrected chi connectivity index (χ2v) is 7.67. The van der Waals surface area contributed by atoms with Crippen molar-refractivity contribution in [3.63, 3.8) is 0 Å². The van der Waals surface area contributed by atoms with Crippen molar-refractivity contribution in [3.8, 4) is 17.3 Å². The standard InChI is InChI=1S/C23H14N4O6S/c1-32-22(28)16-4-2-3-5-18(16)25-11-14(10-24)21-26-19(12-34-21)17-9-13-8-15(27(30)31)6-7-20(13)33-23(17)29/h2-9,11-12,25H,1H3/b14-11-. The summed E-state index contributed by atoms with van der Waals surface area (Å²) < 4.78 is 10.0. The number of benzene rings is 2. The Kier molecular flexibility index (Phi) is 6.16. The average Bonchev–Trinajstić information content (AvgIpc) is 3.33. The molecule has 0 spiro atoms. The number of fused-ring (bicyclic) bond motifs is 1. The molecule has 0 aliphatic heterocycles. The van der Waals surface area contributed by atoms with Crippen LogP contribution in [0, 0.1) is 21.4 Å². The van der Waals surface area contributed by atoms with E-state index in [1.807, 2.05) is 6.07 Å². The van der Waals surface area contributed by atoms with Crippen LogP contribution in [0.25, 0.3) is 27.8 Å². The predicted molar refractivity (Wildman–Crippen MR) is 125 cm³/mol. The lowest BCUT2D eigenvalue weighted by atomic mass is 10.1. The third kappa shape index (κ3) is 4.38. The van der Waals surface area contributed by atoms with Crippen LogP contribution >= 0.6 is 11.3 Å². The number of hydrogen-bond donors (Lipinski definition) is 1. The number of nitrogens with zero attached hydrogens (tertiary/aromatic N) is 3. The van der Waals surface area contributed by atoms with Crippen LogP contribution in [0.1, 0.15) is 15.4 Å². The Hall–Kier alpha value is -4.82. The minimum absolute atomic E-state index is 0.108. The summed E-state index contributed by atoms with van der Waals surface area (Å²) >= 11 is 1.13. The third-order valence-corrected chi connectivity index (χ3v) is 5.64. The van der Waals surface area contributed by atoms with Gasteiger partial charge in [0.1, 0.15) is 22.2 Å². The largest absolute Gasteiger partial charge is 0.465 e. The quantitative estimate of drug-likeness (QED) is 0.139. The van der Waals surface area contributed by atoms with Gasteiger partial charge in [-0.05, 0) is 24.3 Å². The molecule has 0 radical (unpaired) electrons. The van der Waals surface area contributed by atoms with Gasteiger partial charge in [0, 0.05) is 29.1 Å². The Morgan fingerprint density at radius 2 is 2.09 bits per heavy atom. The molecule has 1 N–H and O–H groups in total. The zero-order chi connectivity index (χ0) is 24.2. The van der Waals surface area contributed by atoms with Crippen LogP contribution in [0.5, 0.6) is 0 Å². The van der Waals surface area contributed by atoms with Crippen LogP contribution in [0.4, 0.5) is 11.4 Å². The smallest absolute Gasteiger partial charge is 0.345 e. The molecule has 2 aromatic heterocycles. The summed E-state index contributed by atoms with van der Waals surface area (Å²) in [5, 5.41) is 25.9. The summed E-state index contributed by atoms with van der Waals surface area (Å²) in [6.07, 6.45) is 1.40. The molecule has 10 nitrogen and oxygen atoms in total. The van der Waals surface area contributed by atoms with Gasteiger partial charge in [-0.2, -0.15) is 5.26 Å². The zero-order valence-corrected chi connectivity index (χ0v) is 18.3. The van der Waals surface area contributed by atoms with Gasteiger partial charge >= 0.3 is 11.6 Å². The molecule has 4 rings (SSSR count). The van der Waals surface area contributed by atoms with E-state index in [9.17, 15) is 25.0 Å². The molecule has 2 aromatic carbocycles. The molecule has 4 aromatic rings. The van der Waals surface area contributed by atoms with Crippen molar-refractivity contribution in [3.05, 3.63) is 91.2 Å². The number of esters is 1. The molecule has 0 fully saturated rings. The number of nitro groups is 1. The first kappa shape index (κ1) is 22.4. The molecule has 0 aliphatic carbocycles. The van der Waals surface area contributed by atoms with Crippen molar-refractivity contribution in [1.29, 1.82) is 5.26 Å². The number of non-ortho nitro benzene ring substituents is 1. The van der Waals surface area contributed by atoms with Gasteiger partial charge in [-0.1, -0.05) is 12.1 Å². The Morgan fingerprint density at radius 1 is 1.29 bits per heavy atom. The number of para-hydroxylation sites is 1. The Morgan fingerprint density at radius 3 is 2.82 bits per heavy atom. The van der Waals surface area contributed by atoms with Gasteiger partial charge in [-0.15, -0.1) is 11.3 Å². The van der Waals surface area contributed by atoms with E-state index in [2.05, 4.69) is 10.3 Å². The zero-order valence-electron chi connectivity index (χ0n) is 17.5. The number of hydrogen-bond acceptors (Lipinski definition) is 10. The summed E-state index contributed by atoms with van der Waals surface area (Å²) in [5.41, 5.74) is 0.676. The van der Waals surface area contributed by atoms with Crippen LogP contribution in [0.3, 0.4) is 0 Å². The number of nitro benzene ring substituents is 1. The number of anilines is 1. The molecule has 0 saturated carbocycles. The Balaban J connectivity index is 1.67. The number of aromatic nitrogens is 1. The fourth-order valence-electron chi connectivity index (χ4n) is 3.11. The van der Waals surface area contributed by atoms with Crippen molar-refractivity contribution >= 4 is 45.2 Å². The summed E-state index contributed by atoms with van der Waals surface area (Å²) in [6.45, 7) is 0. The third-order valence-electron chi connectivity index (χ3n) is 4.76. The summed E-state index contributed by atoms with van der Waals surface area (Å²) in [5.74, 6) is -0.533. The van der Waals surface area contributed by atoms with Gasteiger partial charge in [0.25, 0.3) is 5.69 Å². The van der Waals surface area contributed by atoms with E-state index in [1.54, 1.807) is 29.6 Å². The van der Waals surface area contributed by atoms with E-state index in [0.717, 1.165) is 11.3 Å². The SMILES string of the molecule is COC(=O)c1ccccc1N/C=C(/C#N)c1nc(-c2cc3cc([N+](=O)[O-])ccc3oc2=O)cs1. The molecular formula is C23H14N4O6S.